The van der Waals surface area contributed by atoms with Gasteiger partial charge in [-0.2, -0.15) is 0 Å². The Morgan fingerprint density at radius 3 is 2.27 bits per heavy atom. The summed E-state index contributed by atoms with van der Waals surface area (Å²) < 4.78 is 0. The third-order valence-electron chi connectivity index (χ3n) is 6.57. The third kappa shape index (κ3) is 3.25. The summed E-state index contributed by atoms with van der Waals surface area (Å²) in [6, 6.07) is 7.89. The molecule has 0 bridgehead atoms. The Hall–Kier alpha value is -1.88. The minimum Gasteiger partial charge on any atom is -0.339 e. The normalized spacial score (nSPS) is 24.6. The third-order valence-corrected chi connectivity index (χ3v) is 6.57. The van der Waals surface area contributed by atoms with Gasteiger partial charge in [0.1, 0.15) is 0 Å². The minimum absolute atomic E-state index is 0.0843. The molecule has 140 valence electrons. The fourth-order valence-corrected chi connectivity index (χ4v) is 4.59. The molecule has 2 heterocycles. The summed E-state index contributed by atoms with van der Waals surface area (Å²) in [5.74, 6) is 0.640. The van der Waals surface area contributed by atoms with Crippen LogP contribution >= 0.6 is 0 Å². The first-order chi connectivity index (χ1) is 12.6. The van der Waals surface area contributed by atoms with Gasteiger partial charge in [-0.25, -0.2) is 0 Å². The second-order valence-corrected chi connectivity index (χ2v) is 8.04. The quantitative estimate of drug-likeness (QED) is 0.901. The van der Waals surface area contributed by atoms with Crippen molar-refractivity contribution >= 4 is 11.8 Å². The van der Waals surface area contributed by atoms with E-state index in [1.165, 1.54) is 5.56 Å². The molecular weight excluding hydrogens is 326 g/mol. The second kappa shape index (κ2) is 7.03. The van der Waals surface area contributed by atoms with Gasteiger partial charge in [0, 0.05) is 37.7 Å². The minimum atomic E-state index is 0.0843. The SMILES string of the molecule is CCc1ccc(C(=O)N2CCN(C(=O)C3CC34CCNCC4)CC2)cc1. The van der Waals surface area contributed by atoms with Gasteiger partial charge in [0.05, 0.1) is 0 Å². The first-order valence-electron chi connectivity index (χ1n) is 10.0. The molecule has 1 aliphatic carbocycles. The Labute approximate surface area is 155 Å². The summed E-state index contributed by atoms with van der Waals surface area (Å²) in [4.78, 5) is 29.4. The number of hydrogen-bond acceptors (Lipinski definition) is 3. The summed E-state index contributed by atoms with van der Waals surface area (Å²) in [6.07, 6.45) is 4.32. The summed E-state index contributed by atoms with van der Waals surface area (Å²) >= 11 is 0. The molecule has 1 atom stereocenters. The van der Waals surface area contributed by atoms with Crippen molar-refractivity contribution in [3.63, 3.8) is 0 Å². The number of piperazine rings is 1. The molecule has 3 fully saturated rings. The van der Waals surface area contributed by atoms with Crippen molar-refractivity contribution in [2.24, 2.45) is 11.3 Å². The van der Waals surface area contributed by atoms with Crippen molar-refractivity contribution in [2.45, 2.75) is 32.6 Å². The zero-order valence-corrected chi connectivity index (χ0v) is 15.7. The highest BCUT2D eigenvalue weighted by atomic mass is 16.2. The van der Waals surface area contributed by atoms with Crippen LogP contribution < -0.4 is 5.32 Å². The predicted molar refractivity (Wildman–Crippen MR) is 101 cm³/mol. The van der Waals surface area contributed by atoms with Gasteiger partial charge in [-0.1, -0.05) is 19.1 Å². The van der Waals surface area contributed by atoms with Gasteiger partial charge in [-0.3, -0.25) is 9.59 Å². The van der Waals surface area contributed by atoms with E-state index in [2.05, 4.69) is 12.2 Å². The number of rotatable bonds is 3. The molecule has 4 rings (SSSR count). The lowest BCUT2D eigenvalue weighted by atomic mass is 9.91. The van der Waals surface area contributed by atoms with Gasteiger partial charge in [0.25, 0.3) is 5.91 Å². The lowest BCUT2D eigenvalue weighted by molar-refractivity contribution is -0.135. The molecule has 0 radical (unpaired) electrons. The van der Waals surface area contributed by atoms with Crippen molar-refractivity contribution in [2.75, 3.05) is 39.3 Å². The molecule has 1 aromatic carbocycles. The molecule has 5 heteroatoms. The van der Waals surface area contributed by atoms with E-state index in [9.17, 15) is 9.59 Å². The number of carbonyl (C=O) groups excluding carboxylic acids is 2. The zero-order chi connectivity index (χ0) is 18.1. The molecule has 1 unspecified atom stereocenters. The van der Waals surface area contributed by atoms with E-state index >= 15 is 0 Å². The largest absolute Gasteiger partial charge is 0.339 e. The topological polar surface area (TPSA) is 52.7 Å². The monoisotopic (exact) mass is 355 g/mol. The first kappa shape index (κ1) is 17.5. The molecule has 26 heavy (non-hydrogen) atoms. The number of amides is 2. The van der Waals surface area contributed by atoms with Crippen LogP contribution in [0.25, 0.3) is 0 Å². The number of nitrogens with zero attached hydrogens (tertiary/aromatic N) is 2. The van der Waals surface area contributed by atoms with Crippen LogP contribution in [0.2, 0.25) is 0 Å². The van der Waals surface area contributed by atoms with Gasteiger partial charge < -0.3 is 15.1 Å². The molecule has 2 amide bonds. The smallest absolute Gasteiger partial charge is 0.253 e. The summed E-state index contributed by atoms with van der Waals surface area (Å²) in [7, 11) is 0. The van der Waals surface area contributed by atoms with Gasteiger partial charge in [-0.05, 0) is 61.9 Å². The van der Waals surface area contributed by atoms with E-state index in [0.717, 1.165) is 44.3 Å². The van der Waals surface area contributed by atoms with E-state index in [0.29, 0.717) is 32.1 Å². The van der Waals surface area contributed by atoms with Crippen LogP contribution in [0.4, 0.5) is 0 Å². The average Bonchev–Trinajstić information content (AvgIpc) is 3.40. The van der Waals surface area contributed by atoms with E-state index < -0.39 is 0 Å². The number of hydrogen-bond donors (Lipinski definition) is 1. The molecule has 1 aromatic rings. The van der Waals surface area contributed by atoms with Crippen molar-refractivity contribution in [3.8, 4) is 0 Å². The first-order valence-corrected chi connectivity index (χ1v) is 10.0. The van der Waals surface area contributed by atoms with Crippen LogP contribution in [-0.4, -0.2) is 60.9 Å². The Morgan fingerprint density at radius 2 is 1.65 bits per heavy atom. The van der Waals surface area contributed by atoms with Crippen LogP contribution in [-0.2, 0) is 11.2 Å². The Balaban J connectivity index is 1.31. The van der Waals surface area contributed by atoms with Crippen molar-refractivity contribution in [1.82, 2.24) is 15.1 Å². The van der Waals surface area contributed by atoms with Gasteiger partial charge in [0.2, 0.25) is 5.91 Å². The maximum absolute atomic E-state index is 12.9. The number of benzene rings is 1. The molecule has 3 aliphatic rings. The lowest BCUT2D eigenvalue weighted by Gasteiger charge is -2.35. The van der Waals surface area contributed by atoms with Gasteiger partial charge >= 0.3 is 0 Å². The van der Waals surface area contributed by atoms with E-state index in [1.54, 1.807) is 0 Å². The molecule has 0 aromatic heterocycles. The standard InChI is InChI=1S/C21H29N3O2/c1-2-16-3-5-17(6-4-16)19(25)23-11-13-24(14-12-23)20(26)18-15-21(18)7-9-22-10-8-21/h3-6,18,22H,2,7-15H2,1H3. The van der Waals surface area contributed by atoms with Gasteiger partial charge in [0.15, 0.2) is 0 Å². The van der Waals surface area contributed by atoms with E-state index in [-0.39, 0.29) is 17.2 Å². The van der Waals surface area contributed by atoms with Crippen molar-refractivity contribution < 1.29 is 9.59 Å². The molecule has 1 N–H and O–H groups in total. The fraction of sp³-hybridized carbons (Fsp3) is 0.619. The highest BCUT2D eigenvalue weighted by Gasteiger charge is 2.58. The Morgan fingerprint density at radius 1 is 1.04 bits per heavy atom. The second-order valence-electron chi connectivity index (χ2n) is 8.04. The molecule has 2 saturated heterocycles. The Bertz CT molecular complexity index is 671. The average molecular weight is 355 g/mol. The van der Waals surface area contributed by atoms with Crippen molar-refractivity contribution in [1.29, 1.82) is 0 Å². The Kier molecular flexibility index (Phi) is 4.74. The predicted octanol–water partition coefficient (Wildman–Crippen LogP) is 1.92. The maximum atomic E-state index is 12.9. The molecule has 1 saturated carbocycles. The van der Waals surface area contributed by atoms with Crippen LogP contribution in [0.15, 0.2) is 24.3 Å². The number of aryl methyl sites for hydroxylation is 1. The maximum Gasteiger partial charge on any atom is 0.253 e. The number of carbonyl (C=O) groups is 2. The van der Waals surface area contributed by atoms with Crippen LogP contribution in [0, 0.1) is 11.3 Å². The van der Waals surface area contributed by atoms with Crippen LogP contribution in [0.5, 0.6) is 0 Å². The highest BCUT2D eigenvalue weighted by Crippen LogP contribution is 2.59. The fourth-order valence-electron chi connectivity index (χ4n) is 4.59. The molecular formula is C21H29N3O2. The van der Waals surface area contributed by atoms with E-state index in [4.69, 9.17) is 0 Å². The van der Waals surface area contributed by atoms with E-state index in [1.807, 2.05) is 34.1 Å². The summed E-state index contributed by atoms with van der Waals surface area (Å²) in [6.45, 7) is 6.82. The molecule has 1 spiro atoms. The van der Waals surface area contributed by atoms with Gasteiger partial charge in [-0.15, -0.1) is 0 Å². The molecule has 5 nitrogen and oxygen atoms in total. The highest BCUT2D eigenvalue weighted by molar-refractivity contribution is 5.94. The zero-order valence-electron chi connectivity index (χ0n) is 15.7. The lowest BCUT2D eigenvalue weighted by Crippen LogP contribution is -2.51. The number of nitrogens with one attached hydrogen (secondary N) is 1. The van der Waals surface area contributed by atoms with Crippen LogP contribution in [0.1, 0.15) is 42.1 Å². The van der Waals surface area contributed by atoms with Crippen LogP contribution in [0.3, 0.4) is 0 Å². The number of piperidine rings is 1. The summed E-state index contributed by atoms with van der Waals surface area (Å²) in [5.41, 5.74) is 2.28. The van der Waals surface area contributed by atoms with Crippen molar-refractivity contribution in [3.05, 3.63) is 35.4 Å². The molecule has 2 aliphatic heterocycles. The summed E-state index contributed by atoms with van der Waals surface area (Å²) in [5, 5.41) is 3.39.